The number of benzene rings is 1. The first-order valence-corrected chi connectivity index (χ1v) is 8.14. The van der Waals surface area contributed by atoms with Gasteiger partial charge in [-0.15, -0.1) is 0 Å². The normalized spacial score (nSPS) is 10.3. The predicted octanol–water partition coefficient (Wildman–Crippen LogP) is 3.30. The summed E-state index contributed by atoms with van der Waals surface area (Å²) in [5.74, 6) is 1.23. The molecule has 0 aliphatic rings. The maximum atomic E-state index is 11.9. The number of hydrogen-bond acceptors (Lipinski definition) is 3. The average Bonchev–Trinajstić information content (AvgIpc) is 2.42. The van der Waals surface area contributed by atoms with Crippen molar-refractivity contribution in [3.8, 4) is 0 Å². The van der Waals surface area contributed by atoms with Crippen LogP contribution in [-0.2, 0) is 0 Å². The van der Waals surface area contributed by atoms with E-state index in [0.717, 1.165) is 29.8 Å². The Morgan fingerprint density at radius 2 is 2.05 bits per heavy atom. The third-order valence-electron chi connectivity index (χ3n) is 3.07. The molecule has 0 aliphatic carbocycles. The number of hydrogen-bond donors (Lipinski definition) is 2. The fourth-order valence-electron chi connectivity index (χ4n) is 1.94. The van der Waals surface area contributed by atoms with E-state index in [9.17, 15) is 4.79 Å². The molecule has 1 aromatic carbocycles. The molecule has 0 aromatic heterocycles. The molecule has 0 aliphatic heterocycles. The summed E-state index contributed by atoms with van der Waals surface area (Å²) in [7, 11) is 1.89. The molecule has 0 fully saturated rings. The summed E-state index contributed by atoms with van der Waals surface area (Å²) in [4.78, 5) is 11.9. The van der Waals surface area contributed by atoms with Crippen LogP contribution in [0.1, 0.15) is 35.2 Å². The highest BCUT2D eigenvalue weighted by Gasteiger charge is 2.06. The zero-order valence-electron chi connectivity index (χ0n) is 12.1. The van der Waals surface area contributed by atoms with E-state index in [1.165, 1.54) is 18.6 Å². The summed E-state index contributed by atoms with van der Waals surface area (Å²) < 4.78 is 0. The number of anilines is 1. The molecule has 0 spiro atoms. The number of rotatable bonds is 8. The maximum Gasteiger partial charge on any atom is 0.251 e. The van der Waals surface area contributed by atoms with Gasteiger partial charge in [-0.05, 0) is 55.5 Å². The van der Waals surface area contributed by atoms with Gasteiger partial charge in [-0.3, -0.25) is 4.79 Å². The SMILES string of the molecule is CNc1ccc(C(=O)NCCCCCSC)cc1C. The number of carbonyl (C=O) groups is 1. The molecule has 2 N–H and O–H groups in total. The van der Waals surface area contributed by atoms with Crippen LogP contribution >= 0.6 is 11.8 Å². The van der Waals surface area contributed by atoms with Gasteiger partial charge in [0.15, 0.2) is 0 Å². The van der Waals surface area contributed by atoms with Crippen molar-refractivity contribution < 1.29 is 4.79 Å². The Bertz CT molecular complexity index is 407. The minimum atomic E-state index is 0.0237. The summed E-state index contributed by atoms with van der Waals surface area (Å²) in [5, 5.41) is 6.07. The summed E-state index contributed by atoms with van der Waals surface area (Å²) >= 11 is 1.87. The van der Waals surface area contributed by atoms with Crippen LogP contribution in [0, 0.1) is 6.92 Å². The molecule has 0 heterocycles. The largest absolute Gasteiger partial charge is 0.388 e. The van der Waals surface area contributed by atoms with Gasteiger partial charge in [-0.2, -0.15) is 11.8 Å². The van der Waals surface area contributed by atoms with Gasteiger partial charge in [0.2, 0.25) is 0 Å². The second-order valence-electron chi connectivity index (χ2n) is 4.59. The highest BCUT2D eigenvalue weighted by Crippen LogP contribution is 2.15. The Morgan fingerprint density at radius 1 is 1.26 bits per heavy atom. The Hall–Kier alpha value is -1.16. The third-order valence-corrected chi connectivity index (χ3v) is 3.77. The standard InChI is InChI=1S/C15H24N2OS/c1-12-11-13(7-8-14(12)16-2)15(18)17-9-5-4-6-10-19-3/h7-8,11,16H,4-6,9-10H2,1-3H3,(H,17,18). The van der Waals surface area contributed by atoms with Crippen LogP contribution in [0.15, 0.2) is 18.2 Å². The fraction of sp³-hybridized carbons (Fsp3) is 0.533. The number of amides is 1. The van der Waals surface area contributed by atoms with Crippen LogP contribution in [0.4, 0.5) is 5.69 Å². The molecule has 1 aromatic rings. The van der Waals surface area contributed by atoms with Crippen LogP contribution in [0.3, 0.4) is 0 Å². The van der Waals surface area contributed by atoms with Crippen molar-refractivity contribution in [1.82, 2.24) is 5.32 Å². The Morgan fingerprint density at radius 3 is 2.68 bits per heavy atom. The lowest BCUT2D eigenvalue weighted by molar-refractivity contribution is 0.0953. The Labute approximate surface area is 120 Å². The van der Waals surface area contributed by atoms with Crippen LogP contribution < -0.4 is 10.6 Å². The summed E-state index contributed by atoms with van der Waals surface area (Å²) in [5.41, 5.74) is 2.89. The van der Waals surface area contributed by atoms with Gasteiger partial charge < -0.3 is 10.6 Å². The van der Waals surface area contributed by atoms with Crippen LogP contribution in [0.2, 0.25) is 0 Å². The van der Waals surface area contributed by atoms with Gasteiger partial charge >= 0.3 is 0 Å². The van der Waals surface area contributed by atoms with Crippen LogP contribution in [-0.4, -0.2) is 31.5 Å². The van der Waals surface area contributed by atoms with E-state index >= 15 is 0 Å². The van der Waals surface area contributed by atoms with Crippen molar-refractivity contribution in [2.24, 2.45) is 0 Å². The van der Waals surface area contributed by atoms with Crippen molar-refractivity contribution in [2.75, 3.05) is 30.9 Å². The fourth-order valence-corrected chi connectivity index (χ4v) is 2.43. The molecule has 0 atom stereocenters. The van der Waals surface area contributed by atoms with E-state index in [1.54, 1.807) is 0 Å². The topological polar surface area (TPSA) is 41.1 Å². The van der Waals surface area contributed by atoms with Gasteiger partial charge in [-0.25, -0.2) is 0 Å². The smallest absolute Gasteiger partial charge is 0.251 e. The van der Waals surface area contributed by atoms with Crippen molar-refractivity contribution in [1.29, 1.82) is 0 Å². The predicted molar refractivity (Wildman–Crippen MR) is 85.3 cm³/mol. The molecule has 0 bridgehead atoms. The Balaban J connectivity index is 2.35. The molecule has 0 unspecified atom stereocenters. The minimum absolute atomic E-state index is 0.0237. The quantitative estimate of drug-likeness (QED) is 0.718. The maximum absolute atomic E-state index is 11.9. The van der Waals surface area contributed by atoms with Gasteiger partial charge in [0.1, 0.15) is 0 Å². The van der Waals surface area contributed by atoms with E-state index in [4.69, 9.17) is 0 Å². The summed E-state index contributed by atoms with van der Waals surface area (Å²) in [6.45, 7) is 2.77. The number of nitrogens with one attached hydrogen (secondary N) is 2. The second kappa shape index (κ2) is 8.86. The minimum Gasteiger partial charge on any atom is -0.388 e. The third kappa shape index (κ3) is 5.55. The van der Waals surface area contributed by atoms with Crippen molar-refractivity contribution in [3.05, 3.63) is 29.3 Å². The molecule has 0 radical (unpaired) electrons. The van der Waals surface area contributed by atoms with Crippen LogP contribution in [0.5, 0.6) is 0 Å². The molecular formula is C15H24N2OS. The number of unbranched alkanes of at least 4 members (excludes halogenated alkanes) is 2. The molecule has 1 rings (SSSR count). The van der Waals surface area contributed by atoms with Crippen molar-refractivity contribution >= 4 is 23.4 Å². The molecule has 4 heteroatoms. The molecule has 3 nitrogen and oxygen atoms in total. The molecule has 1 amide bonds. The Kier molecular flexibility index (Phi) is 7.41. The van der Waals surface area contributed by atoms with E-state index in [0.29, 0.717) is 0 Å². The van der Waals surface area contributed by atoms with Crippen molar-refractivity contribution in [2.45, 2.75) is 26.2 Å². The molecule has 19 heavy (non-hydrogen) atoms. The van der Waals surface area contributed by atoms with E-state index in [1.807, 2.05) is 43.9 Å². The van der Waals surface area contributed by atoms with Crippen molar-refractivity contribution in [3.63, 3.8) is 0 Å². The first-order chi connectivity index (χ1) is 9.19. The van der Waals surface area contributed by atoms with E-state index < -0.39 is 0 Å². The lowest BCUT2D eigenvalue weighted by Crippen LogP contribution is -2.24. The van der Waals surface area contributed by atoms with Gasteiger partial charge in [0.25, 0.3) is 5.91 Å². The first kappa shape index (κ1) is 15.9. The van der Waals surface area contributed by atoms with Gasteiger partial charge in [-0.1, -0.05) is 6.42 Å². The molecular weight excluding hydrogens is 256 g/mol. The zero-order valence-corrected chi connectivity index (χ0v) is 12.9. The van der Waals surface area contributed by atoms with Gasteiger partial charge in [0, 0.05) is 24.8 Å². The highest BCUT2D eigenvalue weighted by atomic mass is 32.2. The first-order valence-electron chi connectivity index (χ1n) is 6.74. The molecule has 0 saturated heterocycles. The van der Waals surface area contributed by atoms with Crippen LogP contribution in [0.25, 0.3) is 0 Å². The zero-order chi connectivity index (χ0) is 14.1. The lowest BCUT2D eigenvalue weighted by atomic mass is 10.1. The molecule has 106 valence electrons. The highest BCUT2D eigenvalue weighted by molar-refractivity contribution is 7.98. The lowest BCUT2D eigenvalue weighted by Gasteiger charge is -2.09. The second-order valence-corrected chi connectivity index (χ2v) is 5.57. The van der Waals surface area contributed by atoms with E-state index in [-0.39, 0.29) is 5.91 Å². The number of aryl methyl sites for hydroxylation is 1. The van der Waals surface area contributed by atoms with Gasteiger partial charge in [0.05, 0.1) is 0 Å². The monoisotopic (exact) mass is 280 g/mol. The average molecular weight is 280 g/mol. The summed E-state index contributed by atoms with van der Waals surface area (Å²) in [6.07, 6.45) is 5.59. The van der Waals surface area contributed by atoms with E-state index in [2.05, 4.69) is 16.9 Å². The summed E-state index contributed by atoms with van der Waals surface area (Å²) in [6, 6.07) is 5.74. The number of carbonyl (C=O) groups excluding carboxylic acids is 1. The number of thioether (sulfide) groups is 1. The molecule has 0 saturated carbocycles.